The Bertz CT molecular complexity index is 1050. The molecule has 2 heterocycles. The fourth-order valence-electron chi connectivity index (χ4n) is 3.85. The number of nitrogens with zero attached hydrogens (tertiary/aromatic N) is 2. The highest BCUT2D eigenvalue weighted by molar-refractivity contribution is 5.94. The number of aryl methyl sites for hydroxylation is 1. The Labute approximate surface area is 165 Å². The van der Waals surface area contributed by atoms with Gasteiger partial charge >= 0.3 is 5.97 Å². The number of rotatable bonds is 5. The van der Waals surface area contributed by atoms with Crippen molar-refractivity contribution < 1.29 is 9.53 Å². The maximum absolute atomic E-state index is 13.0. The number of imidazole rings is 1. The molecule has 1 atom stereocenters. The zero-order valence-corrected chi connectivity index (χ0v) is 16.5. The largest absolute Gasteiger partial charge is 0.463 e. The van der Waals surface area contributed by atoms with E-state index in [1.165, 1.54) is 5.56 Å². The van der Waals surface area contributed by atoms with E-state index in [2.05, 4.69) is 48.0 Å². The van der Waals surface area contributed by atoms with E-state index in [-0.39, 0.29) is 12.0 Å². The third kappa shape index (κ3) is 3.07. The lowest BCUT2D eigenvalue weighted by Gasteiger charge is -2.31. The minimum atomic E-state index is -0.273. The Kier molecular flexibility index (Phi) is 4.90. The molecule has 5 heteroatoms. The summed E-state index contributed by atoms with van der Waals surface area (Å²) in [6.07, 6.45) is 1.69. The summed E-state index contributed by atoms with van der Waals surface area (Å²) in [6.45, 7) is 6.36. The van der Waals surface area contributed by atoms with Gasteiger partial charge in [-0.05, 0) is 38.0 Å². The quantitative estimate of drug-likeness (QED) is 0.639. The van der Waals surface area contributed by atoms with Crippen molar-refractivity contribution in [2.24, 2.45) is 0 Å². The maximum Gasteiger partial charge on any atom is 0.338 e. The van der Waals surface area contributed by atoms with Crippen LogP contribution in [0.15, 0.2) is 59.8 Å². The van der Waals surface area contributed by atoms with Crippen molar-refractivity contribution in [3.8, 4) is 0 Å². The smallest absolute Gasteiger partial charge is 0.338 e. The van der Waals surface area contributed by atoms with E-state index in [1.807, 2.05) is 31.2 Å². The van der Waals surface area contributed by atoms with Crippen LogP contribution in [-0.2, 0) is 9.53 Å². The van der Waals surface area contributed by atoms with Crippen LogP contribution in [0.5, 0.6) is 0 Å². The lowest BCUT2D eigenvalue weighted by molar-refractivity contribution is -0.139. The summed E-state index contributed by atoms with van der Waals surface area (Å²) in [5.41, 5.74) is 5.70. The third-order valence-electron chi connectivity index (χ3n) is 5.10. The molecule has 0 saturated carbocycles. The van der Waals surface area contributed by atoms with Gasteiger partial charge in [-0.25, -0.2) is 9.78 Å². The van der Waals surface area contributed by atoms with Crippen molar-refractivity contribution in [2.45, 2.75) is 39.7 Å². The molecule has 0 bridgehead atoms. The first-order valence-corrected chi connectivity index (χ1v) is 9.84. The maximum atomic E-state index is 13.0. The van der Waals surface area contributed by atoms with Crippen LogP contribution in [-0.4, -0.2) is 22.1 Å². The van der Waals surface area contributed by atoms with Crippen molar-refractivity contribution in [1.82, 2.24) is 9.55 Å². The number of ether oxygens (including phenoxy) is 1. The average molecular weight is 375 g/mol. The molecule has 0 radical (unpaired) electrons. The Morgan fingerprint density at radius 1 is 1.14 bits per heavy atom. The van der Waals surface area contributed by atoms with Crippen molar-refractivity contribution in [3.05, 3.63) is 70.9 Å². The summed E-state index contributed by atoms with van der Waals surface area (Å²) in [5.74, 6) is 0.496. The van der Waals surface area contributed by atoms with E-state index in [4.69, 9.17) is 9.72 Å². The van der Waals surface area contributed by atoms with Gasteiger partial charge in [0.25, 0.3) is 0 Å². The minimum absolute atomic E-state index is 0.271. The Morgan fingerprint density at radius 3 is 2.61 bits per heavy atom. The number of aromatic nitrogens is 2. The van der Waals surface area contributed by atoms with Gasteiger partial charge in [-0.1, -0.05) is 55.3 Å². The summed E-state index contributed by atoms with van der Waals surface area (Å²) in [4.78, 5) is 17.8. The molecule has 0 saturated heterocycles. The number of hydrogen-bond acceptors (Lipinski definition) is 4. The number of hydrogen-bond donors (Lipinski definition) is 1. The number of carbonyl (C=O) groups excluding carboxylic acids is 1. The first-order valence-electron chi connectivity index (χ1n) is 9.84. The number of fused-ring (bicyclic) bond motifs is 3. The molecule has 0 amide bonds. The molecule has 5 nitrogen and oxygen atoms in total. The molecule has 4 rings (SSSR count). The van der Waals surface area contributed by atoms with Crippen LogP contribution >= 0.6 is 0 Å². The number of carbonyl (C=O) groups is 1. The zero-order valence-electron chi connectivity index (χ0n) is 16.5. The SMILES string of the molecule is CCCC1=C(C(=O)OCC)[C@@H](c2ccc(C)cc2)n2c(nc3ccccc32)N1. The first-order chi connectivity index (χ1) is 13.6. The number of anilines is 1. The van der Waals surface area contributed by atoms with E-state index in [9.17, 15) is 4.79 Å². The van der Waals surface area contributed by atoms with Crippen LogP contribution in [0, 0.1) is 6.92 Å². The predicted molar refractivity (Wildman–Crippen MR) is 111 cm³/mol. The van der Waals surface area contributed by atoms with E-state index >= 15 is 0 Å². The first kappa shape index (κ1) is 18.3. The van der Waals surface area contributed by atoms with E-state index in [0.717, 1.165) is 41.1 Å². The normalized spacial score (nSPS) is 16.0. The number of para-hydroxylation sites is 2. The highest BCUT2D eigenvalue weighted by Gasteiger charge is 2.35. The Balaban J connectivity index is 1.98. The molecular weight excluding hydrogens is 350 g/mol. The second-order valence-electron chi connectivity index (χ2n) is 7.10. The molecule has 1 aliphatic heterocycles. The highest BCUT2D eigenvalue weighted by atomic mass is 16.5. The van der Waals surface area contributed by atoms with Gasteiger partial charge in [0.2, 0.25) is 5.95 Å². The molecule has 1 aliphatic rings. The van der Waals surface area contributed by atoms with Crippen LogP contribution < -0.4 is 5.32 Å². The monoisotopic (exact) mass is 375 g/mol. The molecule has 0 fully saturated rings. The van der Waals surface area contributed by atoms with Gasteiger partial charge in [0.15, 0.2) is 0 Å². The molecule has 2 aromatic carbocycles. The molecule has 1 N–H and O–H groups in total. The molecule has 28 heavy (non-hydrogen) atoms. The van der Waals surface area contributed by atoms with E-state index in [0.29, 0.717) is 12.2 Å². The molecule has 0 unspecified atom stereocenters. The Hall–Kier alpha value is -3.08. The van der Waals surface area contributed by atoms with Crippen LogP contribution in [0.3, 0.4) is 0 Å². The fraction of sp³-hybridized carbons (Fsp3) is 0.304. The summed E-state index contributed by atoms with van der Waals surface area (Å²) < 4.78 is 7.58. The fourth-order valence-corrected chi connectivity index (χ4v) is 3.85. The number of nitrogens with one attached hydrogen (secondary N) is 1. The van der Waals surface area contributed by atoms with Crippen molar-refractivity contribution in [3.63, 3.8) is 0 Å². The van der Waals surface area contributed by atoms with Gasteiger partial charge in [0, 0.05) is 5.70 Å². The zero-order chi connectivity index (χ0) is 19.7. The van der Waals surface area contributed by atoms with Crippen molar-refractivity contribution in [2.75, 3.05) is 11.9 Å². The number of allylic oxidation sites excluding steroid dienone is 1. The van der Waals surface area contributed by atoms with Crippen molar-refractivity contribution >= 4 is 23.0 Å². The highest BCUT2D eigenvalue weighted by Crippen LogP contribution is 2.40. The van der Waals surface area contributed by atoms with Crippen molar-refractivity contribution in [1.29, 1.82) is 0 Å². The molecule has 144 valence electrons. The van der Waals surface area contributed by atoms with Gasteiger partial charge < -0.3 is 10.1 Å². The minimum Gasteiger partial charge on any atom is -0.463 e. The summed E-state index contributed by atoms with van der Waals surface area (Å²) in [6, 6.07) is 16.1. The van der Waals surface area contributed by atoms with Gasteiger partial charge in [-0.3, -0.25) is 4.57 Å². The average Bonchev–Trinajstić information content (AvgIpc) is 3.06. The lowest BCUT2D eigenvalue weighted by atomic mass is 9.93. The molecule has 0 aliphatic carbocycles. The van der Waals surface area contributed by atoms with Gasteiger partial charge in [-0.15, -0.1) is 0 Å². The standard InChI is InChI=1S/C23H25N3O2/c1-4-8-18-20(22(27)28-5-2)21(16-13-11-15(3)12-14-16)26-19-10-7-6-9-17(19)24-23(26)25-18/h6-7,9-14,21H,4-5,8H2,1-3H3,(H,24,25)/t21-/m1/s1. The molecule has 1 aromatic heterocycles. The summed E-state index contributed by atoms with van der Waals surface area (Å²) >= 11 is 0. The summed E-state index contributed by atoms with van der Waals surface area (Å²) in [7, 11) is 0. The van der Waals surface area contributed by atoms with Gasteiger partial charge in [0.1, 0.15) is 0 Å². The van der Waals surface area contributed by atoms with E-state index in [1.54, 1.807) is 0 Å². The van der Waals surface area contributed by atoms with Crippen LogP contribution in [0.4, 0.5) is 5.95 Å². The second-order valence-corrected chi connectivity index (χ2v) is 7.10. The number of esters is 1. The van der Waals surface area contributed by atoms with Crippen LogP contribution in [0.1, 0.15) is 43.9 Å². The summed E-state index contributed by atoms with van der Waals surface area (Å²) in [5, 5.41) is 3.42. The predicted octanol–water partition coefficient (Wildman–Crippen LogP) is 4.98. The van der Waals surface area contributed by atoms with Crippen LogP contribution in [0.2, 0.25) is 0 Å². The van der Waals surface area contributed by atoms with E-state index < -0.39 is 0 Å². The molecule has 3 aromatic rings. The van der Waals surface area contributed by atoms with Gasteiger partial charge in [0.05, 0.1) is 29.3 Å². The molecular formula is C23H25N3O2. The molecule has 0 spiro atoms. The topological polar surface area (TPSA) is 56.2 Å². The van der Waals surface area contributed by atoms with Crippen LogP contribution in [0.25, 0.3) is 11.0 Å². The second kappa shape index (κ2) is 7.50. The number of benzene rings is 2. The lowest BCUT2D eigenvalue weighted by Crippen LogP contribution is -2.29. The third-order valence-corrected chi connectivity index (χ3v) is 5.10. The van der Waals surface area contributed by atoms with Gasteiger partial charge in [-0.2, -0.15) is 0 Å². The Morgan fingerprint density at radius 2 is 1.89 bits per heavy atom.